The first kappa shape index (κ1) is 8.83. The van der Waals surface area contributed by atoms with Crippen LogP contribution in [0.4, 0.5) is 0 Å². The molecule has 0 rings (SSSR count). The molecule has 0 bridgehead atoms. The fourth-order valence-electron chi connectivity index (χ4n) is 0. The Balaban J connectivity index is 0. The Kier molecular flexibility index (Phi) is 16.5. The van der Waals surface area contributed by atoms with E-state index in [9.17, 15) is 0 Å². The van der Waals surface area contributed by atoms with Crippen molar-refractivity contribution >= 4 is 0 Å². The first-order valence-electron chi connectivity index (χ1n) is 0.789. The van der Waals surface area contributed by atoms with Crippen LogP contribution in [0.25, 0.3) is 0 Å². The van der Waals surface area contributed by atoms with Gasteiger partial charge in [0, 0.05) is 0 Å². The van der Waals surface area contributed by atoms with Gasteiger partial charge >= 0.3 is 18.6 Å². The fourth-order valence-corrected chi connectivity index (χ4v) is 0. The van der Waals surface area contributed by atoms with Crippen molar-refractivity contribution in [3.63, 3.8) is 0 Å². The molecule has 1 radical (unpaired) electrons. The standard InChI is InChI=1S/C4H.V/c1-3-4-2;/h1H;/q-1;+2. The van der Waals surface area contributed by atoms with Crippen LogP contribution < -0.4 is 0 Å². The average molecular weight is 100.0 g/mol. The van der Waals surface area contributed by atoms with Crippen molar-refractivity contribution in [2.75, 3.05) is 0 Å². The topological polar surface area (TPSA) is 0 Å². The molecule has 0 aliphatic carbocycles. The molecule has 0 nitrogen and oxygen atoms in total. The molecular formula is C4HV+. The van der Waals surface area contributed by atoms with Gasteiger partial charge in [0.15, 0.2) is 0 Å². The second-order valence-electron chi connectivity index (χ2n) is 0.269. The van der Waals surface area contributed by atoms with E-state index in [1.54, 1.807) is 5.92 Å². The molecule has 0 aromatic rings. The molecule has 0 saturated carbocycles. The van der Waals surface area contributed by atoms with Crippen LogP contribution in [0.3, 0.4) is 0 Å². The smallest absolute Gasteiger partial charge is 0.358 e. The molecule has 0 aromatic heterocycles. The molecule has 0 saturated heterocycles. The maximum absolute atomic E-state index is 5.97. The van der Waals surface area contributed by atoms with E-state index in [-0.39, 0.29) is 18.6 Å². The largest absolute Gasteiger partial charge is 2.00 e. The van der Waals surface area contributed by atoms with Gasteiger partial charge in [0.25, 0.3) is 0 Å². The molecule has 0 heterocycles. The van der Waals surface area contributed by atoms with E-state index in [0.29, 0.717) is 0 Å². The maximum Gasteiger partial charge on any atom is 2.00 e. The van der Waals surface area contributed by atoms with E-state index in [2.05, 4.69) is 6.42 Å². The zero-order valence-electron chi connectivity index (χ0n) is 2.52. The van der Waals surface area contributed by atoms with Crippen molar-refractivity contribution in [2.24, 2.45) is 0 Å². The second-order valence-corrected chi connectivity index (χ2v) is 0.269. The molecule has 1 heteroatoms. The third-order valence-electron chi connectivity index (χ3n) is 0.0722. The van der Waals surface area contributed by atoms with Crippen molar-refractivity contribution < 1.29 is 18.6 Å². The monoisotopic (exact) mass is 100.0 g/mol. The normalized spacial score (nSPS) is 2.00. The summed E-state index contributed by atoms with van der Waals surface area (Å²) in [5.41, 5.74) is 0. The van der Waals surface area contributed by atoms with Crippen LogP contribution in [0.15, 0.2) is 0 Å². The Morgan fingerprint density at radius 2 is 1.80 bits per heavy atom. The van der Waals surface area contributed by atoms with Gasteiger partial charge in [-0.15, -0.1) is 0 Å². The predicted molar refractivity (Wildman–Crippen MR) is 16.0 cm³/mol. The summed E-state index contributed by atoms with van der Waals surface area (Å²) < 4.78 is 0. The molecule has 0 fully saturated rings. The summed E-state index contributed by atoms with van der Waals surface area (Å²) >= 11 is 0. The molecule has 0 atom stereocenters. The van der Waals surface area contributed by atoms with Gasteiger partial charge in [-0.25, -0.2) is 6.42 Å². The summed E-state index contributed by atoms with van der Waals surface area (Å²) in [5.74, 6) is 3.56. The summed E-state index contributed by atoms with van der Waals surface area (Å²) in [6.07, 6.45) is 10.4. The molecule has 0 aliphatic heterocycles. The quantitative estimate of drug-likeness (QED) is 0.301. The molecular weight excluding hydrogens is 99.0 g/mol. The van der Waals surface area contributed by atoms with Gasteiger partial charge in [-0.1, -0.05) is 0 Å². The Morgan fingerprint density at radius 3 is 1.80 bits per heavy atom. The van der Waals surface area contributed by atoms with Crippen LogP contribution in [-0.2, 0) is 18.6 Å². The third-order valence-corrected chi connectivity index (χ3v) is 0.0722. The van der Waals surface area contributed by atoms with Crippen molar-refractivity contribution in [3.8, 4) is 18.3 Å². The summed E-state index contributed by atoms with van der Waals surface area (Å²) in [7, 11) is 0. The predicted octanol–water partition coefficient (Wildman–Crippen LogP) is 0.207. The van der Waals surface area contributed by atoms with Crippen LogP contribution >= 0.6 is 0 Å². The van der Waals surface area contributed by atoms with E-state index < -0.39 is 0 Å². The van der Waals surface area contributed by atoms with Gasteiger partial charge in [0.1, 0.15) is 0 Å². The SMILES string of the molecule is [C-]#CC#C.[V+2]. The number of hydrogen-bond acceptors (Lipinski definition) is 0. The van der Waals surface area contributed by atoms with E-state index in [4.69, 9.17) is 6.42 Å². The molecule has 21 valence electrons. The van der Waals surface area contributed by atoms with E-state index in [1.165, 1.54) is 0 Å². The van der Waals surface area contributed by atoms with Gasteiger partial charge in [0.2, 0.25) is 0 Å². The Morgan fingerprint density at radius 1 is 1.60 bits per heavy atom. The van der Waals surface area contributed by atoms with Crippen molar-refractivity contribution in [1.82, 2.24) is 0 Å². The minimum Gasteiger partial charge on any atom is -0.358 e. The van der Waals surface area contributed by atoms with E-state index in [1.807, 2.05) is 5.92 Å². The van der Waals surface area contributed by atoms with Crippen LogP contribution in [-0.4, -0.2) is 0 Å². The van der Waals surface area contributed by atoms with Crippen LogP contribution in [0, 0.1) is 24.7 Å². The van der Waals surface area contributed by atoms with Gasteiger partial charge < -0.3 is 6.42 Å². The van der Waals surface area contributed by atoms with Crippen molar-refractivity contribution in [3.05, 3.63) is 6.42 Å². The summed E-state index contributed by atoms with van der Waals surface area (Å²) in [4.78, 5) is 0. The van der Waals surface area contributed by atoms with Gasteiger partial charge in [0.05, 0.1) is 0 Å². The minimum absolute atomic E-state index is 0. The van der Waals surface area contributed by atoms with Gasteiger partial charge in [-0.2, -0.15) is 0 Å². The molecule has 0 spiro atoms. The minimum atomic E-state index is 0. The first-order valence-corrected chi connectivity index (χ1v) is 0.789. The molecule has 5 heavy (non-hydrogen) atoms. The van der Waals surface area contributed by atoms with E-state index in [0.717, 1.165) is 0 Å². The first-order chi connectivity index (χ1) is 1.91. The number of rotatable bonds is 0. The summed E-state index contributed by atoms with van der Waals surface area (Å²) in [5, 5.41) is 0. The van der Waals surface area contributed by atoms with Crippen molar-refractivity contribution in [1.29, 1.82) is 0 Å². The average Bonchev–Trinajstić information content (AvgIpc) is 1.37. The van der Waals surface area contributed by atoms with Crippen molar-refractivity contribution in [2.45, 2.75) is 0 Å². The Bertz CT molecular complexity index is 58.6. The van der Waals surface area contributed by atoms with Crippen LogP contribution in [0.2, 0.25) is 0 Å². The number of hydrogen-bond donors (Lipinski definition) is 0. The van der Waals surface area contributed by atoms with Gasteiger partial charge in [-0.3, -0.25) is 11.8 Å². The Hall–Kier alpha value is -0.296. The second kappa shape index (κ2) is 9.33. The third kappa shape index (κ3) is 21.7. The molecule has 0 amide bonds. The maximum atomic E-state index is 5.97. The van der Waals surface area contributed by atoms with E-state index >= 15 is 0 Å². The molecule has 0 N–H and O–H groups in total. The summed E-state index contributed by atoms with van der Waals surface area (Å²) in [6.45, 7) is 0. The zero-order valence-corrected chi connectivity index (χ0v) is 3.92. The number of terminal acetylenes is 1. The fraction of sp³-hybridized carbons (Fsp3) is 0. The molecule has 0 unspecified atom stereocenters. The van der Waals surface area contributed by atoms with Gasteiger partial charge in [-0.05, 0) is 0 Å². The Labute approximate surface area is 43.8 Å². The molecule has 0 aliphatic rings. The van der Waals surface area contributed by atoms with Crippen LogP contribution in [0.1, 0.15) is 0 Å². The van der Waals surface area contributed by atoms with Crippen LogP contribution in [0.5, 0.6) is 0 Å². The molecule has 0 aromatic carbocycles. The zero-order chi connectivity index (χ0) is 3.41. The summed E-state index contributed by atoms with van der Waals surface area (Å²) in [6, 6.07) is 0.